The number of hydrogen-bond acceptors (Lipinski definition) is 2. The van der Waals surface area contributed by atoms with Gasteiger partial charge in [0.2, 0.25) is 11.8 Å². The van der Waals surface area contributed by atoms with Crippen LogP contribution in [0.3, 0.4) is 0 Å². The lowest BCUT2D eigenvalue weighted by Crippen LogP contribution is -2.20. The largest absolute Gasteiger partial charge is 0.326 e. The van der Waals surface area contributed by atoms with Crippen molar-refractivity contribution in [3.63, 3.8) is 0 Å². The molecule has 1 aromatic carbocycles. The molecular weight excluding hydrogens is 288 g/mol. The summed E-state index contributed by atoms with van der Waals surface area (Å²) < 4.78 is 0. The average Bonchev–Trinajstić information content (AvgIpc) is 3.11. The van der Waals surface area contributed by atoms with Crippen molar-refractivity contribution in [2.45, 2.75) is 46.0 Å². The van der Waals surface area contributed by atoms with Crippen LogP contribution in [0, 0.1) is 23.7 Å². The molecule has 2 N–H and O–H groups in total. The number of benzene rings is 1. The third-order valence-corrected chi connectivity index (χ3v) is 5.29. The summed E-state index contributed by atoms with van der Waals surface area (Å²) in [5.74, 6) is 2.30. The van der Waals surface area contributed by atoms with Crippen LogP contribution >= 0.6 is 0 Å². The fraction of sp³-hybridized carbons (Fsp3) is 0.579. The van der Waals surface area contributed by atoms with E-state index in [0.29, 0.717) is 12.3 Å². The van der Waals surface area contributed by atoms with Crippen LogP contribution in [0.5, 0.6) is 0 Å². The van der Waals surface area contributed by atoms with Crippen LogP contribution in [0.1, 0.15) is 46.0 Å². The summed E-state index contributed by atoms with van der Waals surface area (Å²) in [7, 11) is 0. The minimum Gasteiger partial charge on any atom is -0.326 e. The zero-order valence-electron chi connectivity index (χ0n) is 14.0. The molecule has 4 heteroatoms. The molecule has 2 aliphatic rings. The van der Waals surface area contributed by atoms with Crippen LogP contribution in [0.15, 0.2) is 24.3 Å². The molecule has 0 heterocycles. The molecule has 3 rings (SSSR count). The molecule has 3 unspecified atom stereocenters. The van der Waals surface area contributed by atoms with Crippen LogP contribution in [0.4, 0.5) is 11.4 Å². The number of anilines is 2. The van der Waals surface area contributed by atoms with Crippen molar-refractivity contribution in [3.05, 3.63) is 24.3 Å². The Morgan fingerprint density at radius 3 is 2.22 bits per heavy atom. The highest BCUT2D eigenvalue weighted by atomic mass is 16.2. The summed E-state index contributed by atoms with van der Waals surface area (Å²) >= 11 is 0. The van der Waals surface area contributed by atoms with E-state index in [9.17, 15) is 9.59 Å². The second-order valence-electron chi connectivity index (χ2n) is 7.41. The average molecular weight is 314 g/mol. The standard InChI is InChI=1S/C19H26N2O2/c1-12(2)19(23)21-17-7-5-16(6-8-17)20-18(22)11-15-10-13-3-4-14(15)9-13/h5-8,12-15H,3-4,9-11H2,1-2H3,(H,20,22)(H,21,23). The Morgan fingerprint density at radius 1 is 1.04 bits per heavy atom. The van der Waals surface area contributed by atoms with Crippen molar-refractivity contribution in [2.75, 3.05) is 10.6 Å². The van der Waals surface area contributed by atoms with Gasteiger partial charge in [0.05, 0.1) is 0 Å². The Hall–Kier alpha value is -1.84. The van der Waals surface area contributed by atoms with E-state index < -0.39 is 0 Å². The summed E-state index contributed by atoms with van der Waals surface area (Å²) in [5, 5.41) is 5.83. The lowest BCUT2D eigenvalue weighted by atomic mass is 9.86. The maximum absolute atomic E-state index is 12.2. The topological polar surface area (TPSA) is 58.2 Å². The Balaban J connectivity index is 1.50. The molecule has 2 aliphatic carbocycles. The molecule has 0 radical (unpaired) electrons. The van der Waals surface area contributed by atoms with Crippen LogP contribution in [-0.2, 0) is 9.59 Å². The fourth-order valence-electron chi connectivity index (χ4n) is 4.00. The van der Waals surface area contributed by atoms with E-state index >= 15 is 0 Å². The molecule has 2 bridgehead atoms. The fourth-order valence-corrected chi connectivity index (χ4v) is 4.00. The SMILES string of the molecule is CC(C)C(=O)Nc1ccc(NC(=O)CC2CC3CCC2C3)cc1. The number of rotatable bonds is 5. The van der Waals surface area contributed by atoms with Crippen LogP contribution in [-0.4, -0.2) is 11.8 Å². The van der Waals surface area contributed by atoms with Gasteiger partial charge in [0.1, 0.15) is 0 Å². The molecule has 2 fully saturated rings. The monoisotopic (exact) mass is 314 g/mol. The summed E-state index contributed by atoms with van der Waals surface area (Å²) in [6, 6.07) is 7.34. The van der Waals surface area contributed by atoms with Crippen LogP contribution in [0.2, 0.25) is 0 Å². The second kappa shape index (κ2) is 6.73. The van der Waals surface area contributed by atoms with Gasteiger partial charge >= 0.3 is 0 Å². The highest BCUT2D eigenvalue weighted by Gasteiger charge is 2.40. The van der Waals surface area contributed by atoms with Crippen molar-refractivity contribution in [1.82, 2.24) is 0 Å². The molecule has 3 atom stereocenters. The minimum absolute atomic E-state index is 0.00179. The molecule has 0 aliphatic heterocycles. The van der Waals surface area contributed by atoms with Gasteiger partial charge < -0.3 is 10.6 Å². The van der Waals surface area contributed by atoms with E-state index in [0.717, 1.165) is 23.2 Å². The summed E-state index contributed by atoms with van der Waals surface area (Å²) in [6.45, 7) is 3.72. The lowest BCUT2D eigenvalue weighted by Gasteiger charge is -2.20. The van der Waals surface area contributed by atoms with Gasteiger partial charge in [-0.05, 0) is 61.3 Å². The molecule has 1 aromatic rings. The van der Waals surface area contributed by atoms with E-state index in [4.69, 9.17) is 0 Å². The summed E-state index contributed by atoms with van der Waals surface area (Å²) in [6.07, 6.45) is 5.90. The first-order chi connectivity index (χ1) is 11.0. The molecule has 2 saturated carbocycles. The zero-order chi connectivity index (χ0) is 16.4. The smallest absolute Gasteiger partial charge is 0.226 e. The number of carbonyl (C=O) groups excluding carboxylic acids is 2. The Labute approximate surface area is 138 Å². The Bertz CT molecular complexity index is 580. The minimum atomic E-state index is -0.0453. The predicted molar refractivity (Wildman–Crippen MR) is 92.1 cm³/mol. The Kier molecular flexibility index (Phi) is 4.69. The maximum atomic E-state index is 12.2. The first-order valence-electron chi connectivity index (χ1n) is 8.72. The number of amides is 2. The van der Waals surface area contributed by atoms with Gasteiger partial charge in [0, 0.05) is 23.7 Å². The normalized spacial score (nSPS) is 25.6. The van der Waals surface area contributed by atoms with Crippen LogP contribution in [0.25, 0.3) is 0 Å². The van der Waals surface area contributed by atoms with E-state index in [1.807, 2.05) is 38.1 Å². The molecule has 4 nitrogen and oxygen atoms in total. The molecular formula is C19H26N2O2. The maximum Gasteiger partial charge on any atom is 0.226 e. The van der Waals surface area contributed by atoms with E-state index in [-0.39, 0.29) is 17.7 Å². The first kappa shape index (κ1) is 16.0. The highest BCUT2D eigenvalue weighted by molar-refractivity contribution is 5.93. The van der Waals surface area contributed by atoms with Gasteiger partial charge in [-0.1, -0.05) is 20.3 Å². The van der Waals surface area contributed by atoms with Gasteiger partial charge in [0.25, 0.3) is 0 Å². The number of carbonyl (C=O) groups is 2. The van der Waals surface area contributed by atoms with Gasteiger partial charge in [-0.2, -0.15) is 0 Å². The molecule has 0 saturated heterocycles. The highest BCUT2D eigenvalue weighted by Crippen LogP contribution is 2.49. The number of fused-ring (bicyclic) bond motifs is 2. The van der Waals surface area contributed by atoms with Crippen molar-refractivity contribution in [3.8, 4) is 0 Å². The van der Waals surface area contributed by atoms with E-state index in [2.05, 4.69) is 10.6 Å². The molecule has 124 valence electrons. The number of nitrogens with one attached hydrogen (secondary N) is 2. The molecule has 2 amide bonds. The summed E-state index contributed by atoms with van der Waals surface area (Å²) in [4.78, 5) is 23.9. The van der Waals surface area contributed by atoms with Crippen molar-refractivity contribution < 1.29 is 9.59 Å². The molecule has 23 heavy (non-hydrogen) atoms. The van der Waals surface area contributed by atoms with Gasteiger partial charge in [0.15, 0.2) is 0 Å². The lowest BCUT2D eigenvalue weighted by molar-refractivity contribution is -0.119. The van der Waals surface area contributed by atoms with Gasteiger partial charge in [-0.3, -0.25) is 9.59 Å². The van der Waals surface area contributed by atoms with E-state index in [1.54, 1.807) is 0 Å². The quantitative estimate of drug-likeness (QED) is 0.861. The third-order valence-electron chi connectivity index (χ3n) is 5.29. The van der Waals surface area contributed by atoms with Gasteiger partial charge in [-0.25, -0.2) is 0 Å². The first-order valence-corrected chi connectivity index (χ1v) is 8.72. The Morgan fingerprint density at radius 2 is 1.70 bits per heavy atom. The molecule has 0 spiro atoms. The molecule has 0 aromatic heterocycles. The summed E-state index contributed by atoms with van der Waals surface area (Å²) in [5.41, 5.74) is 1.55. The predicted octanol–water partition coefficient (Wildman–Crippen LogP) is 4.05. The van der Waals surface area contributed by atoms with E-state index in [1.165, 1.54) is 25.7 Å². The van der Waals surface area contributed by atoms with Crippen molar-refractivity contribution in [1.29, 1.82) is 0 Å². The van der Waals surface area contributed by atoms with Crippen LogP contribution < -0.4 is 10.6 Å². The third kappa shape index (κ3) is 3.92. The zero-order valence-corrected chi connectivity index (χ0v) is 14.0. The second-order valence-corrected chi connectivity index (χ2v) is 7.41. The number of hydrogen-bond donors (Lipinski definition) is 2. The van der Waals surface area contributed by atoms with Crippen molar-refractivity contribution >= 4 is 23.2 Å². The van der Waals surface area contributed by atoms with Crippen molar-refractivity contribution in [2.24, 2.45) is 23.7 Å². The van der Waals surface area contributed by atoms with Gasteiger partial charge in [-0.15, -0.1) is 0 Å².